The molecule has 0 atom stereocenters. The van der Waals surface area contributed by atoms with E-state index in [1.165, 1.54) is 43.5 Å². The molecule has 0 spiro atoms. The maximum Gasteiger partial charge on any atom is 0.224 e. The van der Waals surface area contributed by atoms with Gasteiger partial charge in [-0.15, -0.1) is 0 Å². The molecule has 1 amide bonds. The highest BCUT2D eigenvalue weighted by Crippen LogP contribution is 2.37. The molecule has 1 N–H and O–H groups in total. The molecule has 0 radical (unpaired) electrons. The minimum absolute atomic E-state index is 0.178. The Kier molecular flexibility index (Phi) is 10.3. The van der Waals surface area contributed by atoms with Crippen LogP contribution in [0.1, 0.15) is 65.2 Å². The van der Waals surface area contributed by atoms with E-state index in [9.17, 15) is 4.79 Å². The molecule has 2 heterocycles. The van der Waals surface area contributed by atoms with E-state index in [0.717, 1.165) is 37.3 Å². The standard InChI is InChI=1S/C26H42N5O2/c1-4-5-6-14-30-15-7-9-24(21(30)2)29-20-23(22-10-11-22)26(27-3)28-13-8-16-31-17-19-33-18-12-25(31)32/h9,20,22,29H,3-8,10-19H2,1-2H3/q+1/b23-20-,28-26?. The van der Waals surface area contributed by atoms with Crippen molar-refractivity contribution in [2.45, 2.75) is 65.2 Å². The van der Waals surface area contributed by atoms with Crippen molar-refractivity contribution in [2.75, 3.05) is 45.9 Å². The maximum absolute atomic E-state index is 12.1. The molecule has 0 aromatic carbocycles. The van der Waals surface area contributed by atoms with Crippen LogP contribution >= 0.6 is 0 Å². The topological polar surface area (TPSA) is 69.3 Å². The van der Waals surface area contributed by atoms with E-state index in [4.69, 9.17) is 9.73 Å². The van der Waals surface area contributed by atoms with Gasteiger partial charge in [0, 0.05) is 51.2 Å². The summed E-state index contributed by atoms with van der Waals surface area (Å²) in [5, 5.41) is 3.57. The predicted octanol–water partition coefficient (Wildman–Crippen LogP) is 3.56. The van der Waals surface area contributed by atoms with Crippen LogP contribution in [0.5, 0.6) is 0 Å². The van der Waals surface area contributed by atoms with Crippen molar-refractivity contribution in [3.05, 3.63) is 23.5 Å². The van der Waals surface area contributed by atoms with Crippen molar-refractivity contribution in [3.8, 4) is 0 Å². The molecule has 1 saturated heterocycles. The first-order chi connectivity index (χ1) is 16.1. The van der Waals surface area contributed by atoms with Crippen LogP contribution in [0.3, 0.4) is 0 Å². The number of nitrogens with zero attached hydrogens (tertiary/aromatic N) is 4. The summed E-state index contributed by atoms with van der Waals surface area (Å²) in [6, 6.07) is 0. The molecule has 0 aromatic rings. The summed E-state index contributed by atoms with van der Waals surface area (Å²) < 4.78 is 7.90. The van der Waals surface area contributed by atoms with Crippen LogP contribution in [-0.2, 0) is 9.53 Å². The van der Waals surface area contributed by atoms with Gasteiger partial charge >= 0.3 is 0 Å². The van der Waals surface area contributed by atoms with E-state index in [2.05, 4.69) is 47.7 Å². The van der Waals surface area contributed by atoms with Crippen LogP contribution in [-0.4, -0.2) is 79.6 Å². The van der Waals surface area contributed by atoms with Crippen LogP contribution < -0.4 is 5.32 Å². The number of unbranched alkanes of at least 4 members (excludes halogenated alkanes) is 2. The predicted molar refractivity (Wildman–Crippen MR) is 135 cm³/mol. The van der Waals surface area contributed by atoms with Gasteiger partial charge in [0.15, 0.2) is 11.5 Å². The SMILES string of the molecule is C=NC(=NCCCN1CCOCCC1=O)/C(=C\NC1=CCC[N+](CCCCC)=C1C)C1CC1. The highest BCUT2D eigenvalue weighted by molar-refractivity contribution is 6.02. The Labute approximate surface area is 199 Å². The molecule has 182 valence electrons. The lowest BCUT2D eigenvalue weighted by Gasteiger charge is -2.19. The highest BCUT2D eigenvalue weighted by Gasteiger charge is 2.29. The number of nitrogens with one attached hydrogen (secondary N) is 1. The lowest BCUT2D eigenvalue weighted by molar-refractivity contribution is -0.529. The summed E-state index contributed by atoms with van der Waals surface area (Å²) in [4.78, 5) is 23.0. The second kappa shape index (κ2) is 13.4. The Morgan fingerprint density at radius 3 is 2.94 bits per heavy atom. The van der Waals surface area contributed by atoms with Crippen LogP contribution in [0, 0.1) is 5.92 Å². The molecule has 0 unspecified atom stereocenters. The third-order valence-electron chi connectivity index (χ3n) is 6.62. The summed E-state index contributed by atoms with van der Waals surface area (Å²) >= 11 is 0. The lowest BCUT2D eigenvalue weighted by atomic mass is 10.1. The first-order valence-corrected chi connectivity index (χ1v) is 12.8. The maximum atomic E-state index is 12.1. The van der Waals surface area contributed by atoms with Crippen LogP contribution in [0.2, 0.25) is 0 Å². The van der Waals surface area contributed by atoms with Gasteiger partial charge in [0.05, 0.1) is 19.6 Å². The third-order valence-corrected chi connectivity index (χ3v) is 6.62. The van der Waals surface area contributed by atoms with E-state index in [0.29, 0.717) is 45.2 Å². The lowest BCUT2D eigenvalue weighted by Crippen LogP contribution is -2.33. The molecule has 1 aliphatic carbocycles. The zero-order valence-corrected chi connectivity index (χ0v) is 20.7. The Balaban J connectivity index is 1.59. The van der Waals surface area contributed by atoms with E-state index < -0.39 is 0 Å². The molecule has 0 bridgehead atoms. The van der Waals surface area contributed by atoms with Crippen molar-refractivity contribution in [2.24, 2.45) is 15.9 Å². The summed E-state index contributed by atoms with van der Waals surface area (Å²) in [6.07, 6.45) is 12.9. The van der Waals surface area contributed by atoms with Gasteiger partial charge in [0.1, 0.15) is 18.8 Å². The molecule has 1 saturated carbocycles. The number of amides is 1. The monoisotopic (exact) mass is 456 g/mol. The largest absolute Gasteiger partial charge is 0.379 e. The zero-order valence-electron chi connectivity index (χ0n) is 20.7. The minimum Gasteiger partial charge on any atom is -0.379 e. The van der Waals surface area contributed by atoms with Crippen molar-refractivity contribution in [3.63, 3.8) is 0 Å². The van der Waals surface area contributed by atoms with Gasteiger partial charge in [-0.25, -0.2) is 9.57 Å². The van der Waals surface area contributed by atoms with Gasteiger partial charge in [-0.3, -0.25) is 9.79 Å². The first kappa shape index (κ1) is 25.3. The average molecular weight is 457 g/mol. The molecular formula is C26H42N5O2+. The zero-order chi connectivity index (χ0) is 23.5. The molecule has 33 heavy (non-hydrogen) atoms. The average Bonchev–Trinajstić information content (AvgIpc) is 3.67. The van der Waals surface area contributed by atoms with E-state index in [1.54, 1.807) is 0 Å². The van der Waals surface area contributed by atoms with Gasteiger partial charge in [-0.1, -0.05) is 13.3 Å². The number of carbonyl (C=O) groups excluding carboxylic acids is 1. The summed E-state index contributed by atoms with van der Waals surface area (Å²) in [6.45, 7) is 13.7. The fourth-order valence-electron chi connectivity index (χ4n) is 4.40. The fourth-order valence-corrected chi connectivity index (χ4v) is 4.40. The fraction of sp³-hybridized carbons (Fsp3) is 0.692. The Hall–Kier alpha value is -2.28. The molecule has 2 aliphatic heterocycles. The van der Waals surface area contributed by atoms with Gasteiger partial charge in [-0.2, -0.15) is 0 Å². The van der Waals surface area contributed by atoms with Crippen molar-refractivity contribution in [1.29, 1.82) is 0 Å². The molecule has 2 fully saturated rings. The van der Waals surface area contributed by atoms with Gasteiger partial charge < -0.3 is 15.0 Å². The highest BCUT2D eigenvalue weighted by atomic mass is 16.5. The molecule has 3 aliphatic rings. The van der Waals surface area contributed by atoms with E-state index in [-0.39, 0.29) is 5.91 Å². The quantitative estimate of drug-likeness (QED) is 0.211. The Morgan fingerprint density at radius 2 is 2.18 bits per heavy atom. The summed E-state index contributed by atoms with van der Waals surface area (Å²) in [5.74, 6) is 1.43. The van der Waals surface area contributed by atoms with E-state index in [1.807, 2.05) is 4.90 Å². The smallest absolute Gasteiger partial charge is 0.224 e. The second-order valence-electron chi connectivity index (χ2n) is 9.16. The molecular weight excluding hydrogens is 414 g/mol. The molecule has 7 nitrogen and oxygen atoms in total. The van der Waals surface area contributed by atoms with Crippen molar-refractivity contribution >= 4 is 24.2 Å². The Morgan fingerprint density at radius 1 is 1.33 bits per heavy atom. The van der Waals surface area contributed by atoms with Gasteiger partial charge in [-0.05, 0) is 44.4 Å². The number of amidine groups is 1. The molecule has 3 rings (SSSR count). The van der Waals surface area contributed by atoms with Gasteiger partial charge in [0.2, 0.25) is 5.91 Å². The normalized spacial score (nSPS) is 20.6. The third kappa shape index (κ3) is 7.91. The number of ether oxygens (including phenoxy) is 1. The minimum atomic E-state index is 0.178. The Bertz CT molecular complexity index is 807. The number of rotatable bonds is 12. The number of carbonyl (C=O) groups is 1. The van der Waals surface area contributed by atoms with Crippen molar-refractivity contribution in [1.82, 2.24) is 10.2 Å². The molecule has 0 aromatic heterocycles. The van der Waals surface area contributed by atoms with Crippen LogP contribution in [0.4, 0.5) is 0 Å². The summed E-state index contributed by atoms with van der Waals surface area (Å²) in [5.41, 5.74) is 3.67. The number of hydrogen-bond donors (Lipinski definition) is 1. The van der Waals surface area contributed by atoms with Crippen LogP contribution in [0.25, 0.3) is 0 Å². The number of hydrogen-bond acceptors (Lipinski definition) is 4. The number of aliphatic imine (C=N–C) groups is 2. The second-order valence-corrected chi connectivity index (χ2v) is 9.16. The molecule has 7 heteroatoms. The van der Waals surface area contributed by atoms with Crippen molar-refractivity contribution < 1.29 is 14.1 Å². The van der Waals surface area contributed by atoms with Crippen LogP contribution in [0.15, 0.2) is 33.5 Å². The van der Waals surface area contributed by atoms with Gasteiger partial charge in [0.25, 0.3) is 0 Å². The van der Waals surface area contributed by atoms with E-state index >= 15 is 0 Å². The first-order valence-electron chi connectivity index (χ1n) is 12.8. The number of allylic oxidation sites excluding steroid dienone is 1. The summed E-state index contributed by atoms with van der Waals surface area (Å²) in [7, 11) is 0.